The summed E-state index contributed by atoms with van der Waals surface area (Å²) in [5, 5.41) is 4.53. The van der Waals surface area contributed by atoms with E-state index in [1.165, 1.54) is 16.4 Å². The maximum absolute atomic E-state index is 12.6. The number of pyridine rings is 1. The summed E-state index contributed by atoms with van der Waals surface area (Å²) in [5.41, 5.74) is 1.26. The summed E-state index contributed by atoms with van der Waals surface area (Å²) in [6.07, 6.45) is 8.74. The molecule has 1 saturated carbocycles. The lowest BCUT2D eigenvalue weighted by Crippen LogP contribution is -2.36. The number of hydrogen-bond acceptors (Lipinski definition) is 5. The van der Waals surface area contributed by atoms with Crippen LogP contribution in [0, 0.1) is 11.8 Å². The van der Waals surface area contributed by atoms with Gasteiger partial charge in [0.2, 0.25) is 0 Å². The monoisotopic (exact) mass is 451 g/mol. The first kappa shape index (κ1) is 21.0. The van der Waals surface area contributed by atoms with Crippen LogP contribution < -0.4 is 4.74 Å². The molecule has 0 N–H and O–H groups in total. The van der Waals surface area contributed by atoms with Crippen LogP contribution in [-0.4, -0.2) is 56.8 Å². The summed E-state index contributed by atoms with van der Waals surface area (Å²) >= 11 is 5.90. The average molecular weight is 452 g/mol. The zero-order valence-corrected chi connectivity index (χ0v) is 18.7. The van der Waals surface area contributed by atoms with Crippen LogP contribution in [0.2, 0.25) is 5.02 Å². The second-order valence-electron chi connectivity index (χ2n) is 8.79. The summed E-state index contributed by atoms with van der Waals surface area (Å²) in [7, 11) is 2.19. The number of benzene rings is 1. The van der Waals surface area contributed by atoms with Crippen molar-refractivity contribution in [3.8, 4) is 11.5 Å². The first-order valence-electron chi connectivity index (χ1n) is 10.9. The van der Waals surface area contributed by atoms with E-state index in [2.05, 4.69) is 34.2 Å². The lowest BCUT2D eigenvalue weighted by molar-refractivity contribution is 0.192. The first-order valence-corrected chi connectivity index (χ1v) is 11.3. The quantitative estimate of drug-likeness (QED) is 0.570. The highest BCUT2D eigenvalue weighted by Gasteiger charge is 2.43. The van der Waals surface area contributed by atoms with Crippen LogP contribution in [0.25, 0.3) is 0 Å². The Hall–Kier alpha value is -2.90. The van der Waals surface area contributed by atoms with Gasteiger partial charge in [0, 0.05) is 31.9 Å². The summed E-state index contributed by atoms with van der Waals surface area (Å²) in [5.74, 6) is 2.64. The molecule has 5 rings (SSSR count). The molecule has 7 nitrogen and oxygen atoms in total. The van der Waals surface area contributed by atoms with Crippen molar-refractivity contribution >= 4 is 17.6 Å². The minimum Gasteiger partial charge on any atom is -0.456 e. The Balaban J connectivity index is 1.13. The van der Waals surface area contributed by atoms with E-state index < -0.39 is 0 Å². The third kappa shape index (κ3) is 4.49. The SMILES string of the molecule is CN(Cc1ccc(Oc2cccnc2)cc1)[C@H]1C[C@@H]2CN(C(=O)n3cc(Cl)cn3)C[C@@H]2C1. The minimum absolute atomic E-state index is 0.0789. The molecule has 32 heavy (non-hydrogen) atoms. The Labute approximate surface area is 192 Å². The second-order valence-corrected chi connectivity index (χ2v) is 9.22. The van der Waals surface area contributed by atoms with Gasteiger partial charge in [0.05, 0.1) is 23.6 Å². The van der Waals surface area contributed by atoms with E-state index in [0.717, 1.165) is 44.0 Å². The van der Waals surface area contributed by atoms with E-state index in [0.29, 0.717) is 22.9 Å². The van der Waals surface area contributed by atoms with Gasteiger partial charge in [0.15, 0.2) is 0 Å². The Morgan fingerprint density at radius 2 is 1.88 bits per heavy atom. The number of fused-ring (bicyclic) bond motifs is 1. The molecule has 3 aromatic rings. The topological polar surface area (TPSA) is 63.5 Å². The number of ether oxygens (including phenoxy) is 1. The number of carbonyl (C=O) groups is 1. The third-order valence-corrected chi connectivity index (χ3v) is 6.79. The number of aromatic nitrogens is 3. The molecule has 166 valence electrons. The van der Waals surface area contributed by atoms with Crippen molar-refractivity contribution in [2.75, 3.05) is 20.1 Å². The molecule has 0 unspecified atom stereocenters. The van der Waals surface area contributed by atoms with Crippen LogP contribution in [-0.2, 0) is 6.54 Å². The Kier molecular flexibility index (Phi) is 5.85. The van der Waals surface area contributed by atoms with Crippen LogP contribution in [0.3, 0.4) is 0 Å². The first-order chi connectivity index (χ1) is 15.5. The number of amides is 1. The molecule has 1 amide bonds. The molecule has 8 heteroatoms. The normalized spacial score (nSPS) is 22.3. The number of rotatable bonds is 5. The van der Waals surface area contributed by atoms with Gasteiger partial charge in [0.25, 0.3) is 0 Å². The van der Waals surface area contributed by atoms with Gasteiger partial charge in [-0.05, 0) is 61.6 Å². The number of likely N-dealkylation sites (tertiary alicyclic amines) is 1. The number of halogens is 1. The van der Waals surface area contributed by atoms with Crippen LogP contribution in [0.4, 0.5) is 4.79 Å². The lowest BCUT2D eigenvalue weighted by atomic mass is 10.0. The van der Waals surface area contributed by atoms with E-state index in [4.69, 9.17) is 16.3 Å². The molecule has 1 aliphatic carbocycles. The van der Waals surface area contributed by atoms with Gasteiger partial charge < -0.3 is 9.64 Å². The van der Waals surface area contributed by atoms with E-state index in [9.17, 15) is 4.79 Å². The van der Waals surface area contributed by atoms with Gasteiger partial charge in [-0.15, -0.1) is 0 Å². The summed E-state index contributed by atoms with van der Waals surface area (Å²) in [6.45, 7) is 2.49. The molecule has 1 saturated heterocycles. The van der Waals surface area contributed by atoms with Crippen LogP contribution in [0.1, 0.15) is 18.4 Å². The van der Waals surface area contributed by atoms with Gasteiger partial charge in [-0.3, -0.25) is 9.88 Å². The number of nitrogens with zero attached hydrogens (tertiary/aromatic N) is 5. The summed E-state index contributed by atoms with van der Waals surface area (Å²) < 4.78 is 7.17. The predicted molar refractivity (Wildman–Crippen MR) is 122 cm³/mol. The highest BCUT2D eigenvalue weighted by molar-refractivity contribution is 6.30. The molecule has 0 spiro atoms. The van der Waals surface area contributed by atoms with Crippen LogP contribution in [0.5, 0.6) is 11.5 Å². The summed E-state index contributed by atoms with van der Waals surface area (Å²) in [6, 6.07) is 12.5. The van der Waals surface area contributed by atoms with E-state index in [1.54, 1.807) is 18.6 Å². The standard InChI is InChI=1S/C24H26ClN5O2/c1-28(13-17-4-6-22(7-5-17)32-23-3-2-8-26-12-23)21-9-18-14-29(15-19(18)10-21)24(31)30-16-20(25)11-27-30/h2-8,11-12,16,18-19,21H,9-10,13-15H2,1H3/t18-,19+,21+. The Bertz CT molecular complexity index is 1060. The molecule has 2 aliphatic rings. The Morgan fingerprint density at radius 1 is 1.12 bits per heavy atom. The van der Waals surface area contributed by atoms with Crippen molar-refractivity contribution in [2.24, 2.45) is 11.8 Å². The molecular weight excluding hydrogens is 426 g/mol. The minimum atomic E-state index is -0.0789. The maximum atomic E-state index is 12.6. The van der Waals surface area contributed by atoms with Crippen LogP contribution in [0.15, 0.2) is 61.2 Å². The largest absolute Gasteiger partial charge is 0.456 e. The lowest BCUT2D eigenvalue weighted by Gasteiger charge is -2.26. The number of carbonyl (C=O) groups excluding carboxylic acids is 1. The van der Waals surface area contributed by atoms with Crippen molar-refractivity contribution in [1.82, 2.24) is 24.6 Å². The van der Waals surface area contributed by atoms with Gasteiger partial charge in [-0.1, -0.05) is 23.7 Å². The van der Waals surface area contributed by atoms with E-state index in [1.807, 2.05) is 29.2 Å². The van der Waals surface area contributed by atoms with Gasteiger partial charge in [-0.2, -0.15) is 9.78 Å². The predicted octanol–water partition coefficient (Wildman–Crippen LogP) is 4.53. The van der Waals surface area contributed by atoms with Crippen molar-refractivity contribution in [2.45, 2.75) is 25.4 Å². The highest BCUT2D eigenvalue weighted by Crippen LogP contribution is 2.40. The van der Waals surface area contributed by atoms with Crippen molar-refractivity contribution in [1.29, 1.82) is 0 Å². The maximum Gasteiger partial charge on any atom is 0.344 e. The van der Waals surface area contributed by atoms with Gasteiger partial charge >= 0.3 is 6.03 Å². The van der Waals surface area contributed by atoms with Gasteiger partial charge in [0.1, 0.15) is 11.5 Å². The zero-order chi connectivity index (χ0) is 22.1. The fraction of sp³-hybridized carbons (Fsp3) is 0.375. The van der Waals surface area contributed by atoms with Gasteiger partial charge in [-0.25, -0.2) is 4.79 Å². The molecular formula is C24H26ClN5O2. The molecule has 3 heterocycles. The molecule has 1 aliphatic heterocycles. The fourth-order valence-electron chi connectivity index (χ4n) is 4.96. The second kappa shape index (κ2) is 8.92. The summed E-state index contributed by atoms with van der Waals surface area (Å²) in [4.78, 5) is 21.1. The molecule has 3 atom stereocenters. The smallest absolute Gasteiger partial charge is 0.344 e. The fourth-order valence-corrected chi connectivity index (χ4v) is 5.09. The molecule has 2 fully saturated rings. The van der Waals surface area contributed by atoms with E-state index >= 15 is 0 Å². The van der Waals surface area contributed by atoms with E-state index in [-0.39, 0.29) is 6.03 Å². The van der Waals surface area contributed by atoms with Crippen LogP contribution >= 0.6 is 11.6 Å². The van der Waals surface area contributed by atoms with Crippen molar-refractivity contribution in [3.63, 3.8) is 0 Å². The zero-order valence-electron chi connectivity index (χ0n) is 18.0. The molecule has 1 aromatic carbocycles. The number of hydrogen-bond donors (Lipinski definition) is 0. The van der Waals surface area contributed by atoms with Crippen molar-refractivity contribution in [3.05, 3.63) is 71.8 Å². The third-order valence-electron chi connectivity index (χ3n) is 6.59. The highest BCUT2D eigenvalue weighted by atomic mass is 35.5. The molecule has 0 radical (unpaired) electrons. The molecule has 2 aromatic heterocycles. The average Bonchev–Trinajstić information content (AvgIpc) is 3.50. The Morgan fingerprint density at radius 3 is 2.50 bits per heavy atom. The van der Waals surface area contributed by atoms with Crippen molar-refractivity contribution < 1.29 is 9.53 Å². The molecule has 0 bridgehead atoms.